The molecule has 0 saturated carbocycles. The van der Waals surface area contributed by atoms with Gasteiger partial charge in [0, 0.05) is 31.4 Å². The molecule has 0 heterocycles. The van der Waals surface area contributed by atoms with Gasteiger partial charge in [-0.2, -0.15) is 0 Å². The molecule has 2 amide bonds. The number of hydrogen-bond acceptors (Lipinski definition) is 4. The first-order valence-corrected chi connectivity index (χ1v) is 7.13. The molecule has 116 valence electrons. The molecule has 0 aliphatic heterocycles. The van der Waals surface area contributed by atoms with E-state index in [2.05, 4.69) is 10.6 Å². The third-order valence-corrected chi connectivity index (χ3v) is 3.01. The Kier molecular flexibility index (Phi) is 7.25. The zero-order valence-electron chi connectivity index (χ0n) is 12.7. The Balaban J connectivity index is 2.43. The Hall–Kier alpha value is -2.08. The molecule has 1 rings (SSSR count). The summed E-state index contributed by atoms with van der Waals surface area (Å²) in [5.41, 5.74) is 6.96. The first-order chi connectivity index (χ1) is 10.0. The van der Waals surface area contributed by atoms with Gasteiger partial charge in [0.15, 0.2) is 0 Å². The van der Waals surface area contributed by atoms with E-state index in [0.717, 1.165) is 13.0 Å². The van der Waals surface area contributed by atoms with E-state index >= 15 is 0 Å². The molecule has 0 aliphatic rings. The summed E-state index contributed by atoms with van der Waals surface area (Å²) >= 11 is 0. The summed E-state index contributed by atoms with van der Waals surface area (Å²) in [7, 11) is 1.61. The van der Waals surface area contributed by atoms with Gasteiger partial charge in [-0.25, -0.2) is 0 Å². The molecule has 1 aromatic carbocycles. The SMILES string of the molecule is CCCN(CCC(=O)Nc1cccc(N)c1)CC(=O)NC. The molecule has 6 heteroatoms. The van der Waals surface area contributed by atoms with Crippen LogP contribution >= 0.6 is 0 Å². The van der Waals surface area contributed by atoms with E-state index in [1.54, 1.807) is 31.3 Å². The second-order valence-corrected chi connectivity index (χ2v) is 4.87. The number of rotatable bonds is 8. The minimum atomic E-state index is -0.0846. The summed E-state index contributed by atoms with van der Waals surface area (Å²) in [6.45, 7) is 3.70. The van der Waals surface area contributed by atoms with E-state index in [0.29, 0.717) is 30.9 Å². The minimum absolute atomic E-state index is 0.0420. The monoisotopic (exact) mass is 292 g/mol. The van der Waals surface area contributed by atoms with Crippen LogP contribution in [0.15, 0.2) is 24.3 Å². The van der Waals surface area contributed by atoms with E-state index < -0.39 is 0 Å². The van der Waals surface area contributed by atoms with Gasteiger partial charge in [-0.15, -0.1) is 0 Å². The fourth-order valence-electron chi connectivity index (χ4n) is 1.97. The molecular weight excluding hydrogens is 268 g/mol. The van der Waals surface area contributed by atoms with Crippen molar-refractivity contribution in [3.8, 4) is 0 Å². The Bertz CT molecular complexity index is 476. The quantitative estimate of drug-likeness (QED) is 0.625. The summed E-state index contributed by atoms with van der Waals surface area (Å²) < 4.78 is 0. The van der Waals surface area contributed by atoms with Crippen molar-refractivity contribution in [1.29, 1.82) is 0 Å². The summed E-state index contributed by atoms with van der Waals surface area (Å²) in [5, 5.41) is 5.39. The van der Waals surface area contributed by atoms with E-state index in [4.69, 9.17) is 5.73 Å². The smallest absolute Gasteiger partial charge is 0.233 e. The zero-order valence-corrected chi connectivity index (χ0v) is 12.7. The lowest BCUT2D eigenvalue weighted by molar-refractivity contribution is -0.122. The molecule has 6 nitrogen and oxygen atoms in total. The van der Waals surface area contributed by atoms with Crippen LogP contribution < -0.4 is 16.4 Å². The lowest BCUT2D eigenvalue weighted by Crippen LogP contribution is -2.37. The van der Waals surface area contributed by atoms with Gasteiger partial charge >= 0.3 is 0 Å². The molecule has 1 aromatic rings. The van der Waals surface area contributed by atoms with Crippen LogP contribution in [0.5, 0.6) is 0 Å². The standard InChI is InChI=1S/C15H24N4O2/c1-3-8-19(11-15(21)17-2)9-7-14(20)18-13-6-4-5-12(16)10-13/h4-6,10H,3,7-9,11,16H2,1-2H3,(H,17,21)(H,18,20). The number of anilines is 2. The lowest BCUT2D eigenvalue weighted by Gasteiger charge is -2.20. The Morgan fingerprint density at radius 1 is 1.24 bits per heavy atom. The van der Waals surface area contributed by atoms with Gasteiger partial charge in [0.1, 0.15) is 0 Å². The number of hydrogen-bond donors (Lipinski definition) is 3. The minimum Gasteiger partial charge on any atom is -0.399 e. The molecule has 0 aliphatic carbocycles. The van der Waals surface area contributed by atoms with Crippen LogP contribution in [0.3, 0.4) is 0 Å². The van der Waals surface area contributed by atoms with Crippen LogP contribution in [0.4, 0.5) is 11.4 Å². The number of carbonyl (C=O) groups is 2. The van der Waals surface area contributed by atoms with Crippen molar-refractivity contribution in [2.45, 2.75) is 19.8 Å². The van der Waals surface area contributed by atoms with Gasteiger partial charge < -0.3 is 16.4 Å². The van der Waals surface area contributed by atoms with Gasteiger partial charge in [0.2, 0.25) is 11.8 Å². The van der Waals surface area contributed by atoms with E-state index in [1.165, 1.54) is 0 Å². The maximum absolute atomic E-state index is 11.9. The number of likely N-dealkylation sites (N-methyl/N-ethyl adjacent to an activating group) is 1. The highest BCUT2D eigenvalue weighted by molar-refractivity contribution is 5.91. The summed E-state index contributed by atoms with van der Waals surface area (Å²) in [5.74, 6) is -0.127. The van der Waals surface area contributed by atoms with Gasteiger partial charge in [0.05, 0.1) is 6.54 Å². The predicted molar refractivity (Wildman–Crippen MR) is 84.9 cm³/mol. The topological polar surface area (TPSA) is 87.5 Å². The number of carbonyl (C=O) groups excluding carboxylic acids is 2. The van der Waals surface area contributed by atoms with Crippen molar-refractivity contribution in [3.05, 3.63) is 24.3 Å². The number of nitrogens with zero attached hydrogens (tertiary/aromatic N) is 1. The molecule has 0 spiro atoms. The fourth-order valence-corrected chi connectivity index (χ4v) is 1.97. The first-order valence-electron chi connectivity index (χ1n) is 7.13. The normalized spacial score (nSPS) is 10.4. The highest BCUT2D eigenvalue weighted by atomic mass is 16.2. The third-order valence-electron chi connectivity index (χ3n) is 3.01. The molecule has 0 aromatic heterocycles. The molecule has 21 heavy (non-hydrogen) atoms. The van der Waals surface area contributed by atoms with Gasteiger partial charge in [-0.05, 0) is 31.2 Å². The number of amides is 2. The van der Waals surface area contributed by atoms with Gasteiger partial charge in [-0.3, -0.25) is 14.5 Å². The predicted octanol–water partition coefficient (Wildman–Crippen LogP) is 1.06. The number of nitrogens with two attached hydrogens (primary N) is 1. The Labute approximate surface area is 125 Å². The van der Waals surface area contributed by atoms with Gasteiger partial charge in [0.25, 0.3) is 0 Å². The molecule has 0 bridgehead atoms. The Morgan fingerprint density at radius 2 is 2.00 bits per heavy atom. The number of nitrogen functional groups attached to an aromatic ring is 1. The molecule has 4 N–H and O–H groups in total. The molecular formula is C15H24N4O2. The van der Waals surface area contributed by atoms with Crippen molar-refractivity contribution in [2.24, 2.45) is 0 Å². The van der Waals surface area contributed by atoms with Crippen LogP contribution in [0, 0.1) is 0 Å². The van der Waals surface area contributed by atoms with Crippen molar-refractivity contribution >= 4 is 23.2 Å². The van der Waals surface area contributed by atoms with Crippen LogP contribution in [0.1, 0.15) is 19.8 Å². The second-order valence-electron chi connectivity index (χ2n) is 4.87. The zero-order chi connectivity index (χ0) is 15.7. The van der Waals surface area contributed by atoms with Crippen molar-refractivity contribution in [2.75, 3.05) is 37.7 Å². The van der Waals surface area contributed by atoms with Gasteiger partial charge in [-0.1, -0.05) is 13.0 Å². The number of benzene rings is 1. The molecule has 0 saturated heterocycles. The fraction of sp³-hybridized carbons (Fsp3) is 0.467. The molecule has 0 fully saturated rings. The Morgan fingerprint density at radius 3 is 2.62 bits per heavy atom. The molecule has 0 radical (unpaired) electrons. The first kappa shape index (κ1) is 17.0. The van der Waals surface area contributed by atoms with Crippen molar-refractivity contribution in [1.82, 2.24) is 10.2 Å². The largest absolute Gasteiger partial charge is 0.399 e. The maximum atomic E-state index is 11.9. The second kappa shape index (κ2) is 8.97. The lowest BCUT2D eigenvalue weighted by atomic mass is 10.2. The van der Waals surface area contributed by atoms with Crippen molar-refractivity contribution in [3.63, 3.8) is 0 Å². The van der Waals surface area contributed by atoms with E-state index in [9.17, 15) is 9.59 Å². The molecule has 0 unspecified atom stereocenters. The number of nitrogens with one attached hydrogen (secondary N) is 2. The highest BCUT2D eigenvalue weighted by Gasteiger charge is 2.11. The molecule has 0 atom stereocenters. The maximum Gasteiger partial charge on any atom is 0.233 e. The van der Waals surface area contributed by atoms with Crippen molar-refractivity contribution < 1.29 is 9.59 Å². The van der Waals surface area contributed by atoms with Crippen LogP contribution in [-0.4, -0.2) is 43.4 Å². The van der Waals surface area contributed by atoms with Crippen LogP contribution in [0.25, 0.3) is 0 Å². The van der Waals surface area contributed by atoms with E-state index in [1.807, 2.05) is 11.8 Å². The van der Waals surface area contributed by atoms with Crippen LogP contribution in [-0.2, 0) is 9.59 Å². The highest BCUT2D eigenvalue weighted by Crippen LogP contribution is 2.12. The average Bonchev–Trinajstić information content (AvgIpc) is 2.45. The third kappa shape index (κ3) is 6.76. The van der Waals surface area contributed by atoms with E-state index in [-0.39, 0.29) is 11.8 Å². The van der Waals surface area contributed by atoms with Crippen LogP contribution in [0.2, 0.25) is 0 Å². The summed E-state index contributed by atoms with van der Waals surface area (Å²) in [6.07, 6.45) is 1.28. The summed E-state index contributed by atoms with van der Waals surface area (Å²) in [4.78, 5) is 25.3. The summed E-state index contributed by atoms with van der Waals surface area (Å²) in [6, 6.07) is 7.07. The average molecular weight is 292 g/mol.